The standard InChI is InChI=1S/C11H21N3O2/c1-3-8(2)9(15)13-11(10(12)14-16)6-4-5-7-11/h8,16H,3-7H2,1-2H3,(H2,12,14)(H,13,15). The topological polar surface area (TPSA) is 87.7 Å². The lowest BCUT2D eigenvalue weighted by Gasteiger charge is -2.30. The summed E-state index contributed by atoms with van der Waals surface area (Å²) in [5.74, 6) is 0.0709. The van der Waals surface area contributed by atoms with Gasteiger partial charge in [0.2, 0.25) is 5.91 Å². The first kappa shape index (κ1) is 12.8. The molecular formula is C11H21N3O2. The van der Waals surface area contributed by atoms with Gasteiger partial charge in [0.15, 0.2) is 5.84 Å². The predicted molar refractivity (Wildman–Crippen MR) is 62.2 cm³/mol. The predicted octanol–water partition coefficient (Wildman–Crippen LogP) is 1.21. The molecule has 0 aliphatic heterocycles. The van der Waals surface area contributed by atoms with E-state index in [1.807, 2.05) is 13.8 Å². The zero-order valence-corrected chi connectivity index (χ0v) is 9.99. The SMILES string of the molecule is CCC(C)C(=O)NC1(/C(N)=N/O)CCCC1. The number of rotatable bonds is 4. The second kappa shape index (κ2) is 5.18. The summed E-state index contributed by atoms with van der Waals surface area (Å²) in [6.07, 6.45) is 4.29. The molecule has 5 nitrogen and oxygen atoms in total. The average Bonchev–Trinajstić information content (AvgIpc) is 2.76. The van der Waals surface area contributed by atoms with Crippen LogP contribution in [-0.4, -0.2) is 22.5 Å². The lowest BCUT2D eigenvalue weighted by molar-refractivity contribution is -0.125. The Hall–Kier alpha value is -1.26. The maximum absolute atomic E-state index is 11.9. The molecule has 0 spiro atoms. The summed E-state index contributed by atoms with van der Waals surface area (Å²) in [6, 6.07) is 0. The van der Waals surface area contributed by atoms with Gasteiger partial charge in [-0.2, -0.15) is 0 Å². The number of hydrogen-bond donors (Lipinski definition) is 3. The maximum atomic E-state index is 11.9. The fourth-order valence-corrected chi connectivity index (χ4v) is 2.06. The molecule has 1 aliphatic rings. The molecule has 4 N–H and O–H groups in total. The van der Waals surface area contributed by atoms with Crippen molar-refractivity contribution in [2.45, 2.75) is 51.5 Å². The van der Waals surface area contributed by atoms with E-state index in [9.17, 15) is 4.79 Å². The quantitative estimate of drug-likeness (QED) is 0.292. The number of oxime groups is 1. The molecule has 1 rings (SSSR count). The first-order valence-electron chi connectivity index (χ1n) is 5.85. The maximum Gasteiger partial charge on any atom is 0.223 e. The van der Waals surface area contributed by atoms with Crippen LogP contribution in [0.2, 0.25) is 0 Å². The molecule has 5 heteroatoms. The Kier molecular flexibility index (Phi) is 4.15. The first-order chi connectivity index (χ1) is 7.55. The number of carbonyl (C=O) groups excluding carboxylic acids is 1. The third-order valence-corrected chi connectivity index (χ3v) is 3.48. The van der Waals surface area contributed by atoms with Crippen molar-refractivity contribution in [2.24, 2.45) is 16.8 Å². The third kappa shape index (κ3) is 2.46. The van der Waals surface area contributed by atoms with Crippen molar-refractivity contribution in [1.29, 1.82) is 0 Å². The number of amidine groups is 1. The van der Waals surface area contributed by atoms with E-state index in [0.717, 1.165) is 32.1 Å². The van der Waals surface area contributed by atoms with Crippen LogP contribution in [0.3, 0.4) is 0 Å². The van der Waals surface area contributed by atoms with Gasteiger partial charge in [-0.3, -0.25) is 4.79 Å². The largest absolute Gasteiger partial charge is 0.409 e. The van der Waals surface area contributed by atoms with E-state index >= 15 is 0 Å². The Morgan fingerprint density at radius 3 is 2.56 bits per heavy atom. The average molecular weight is 227 g/mol. The molecule has 1 unspecified atom stereocenters. The first-order valence-corrected chi connectivity index (χ1v) is 5.85. The van der Waals surface area contributed by atoms with Crippen molar-refractivity contribution in [3.63, 3.8) is 0 Å². The summed E-state index contributed by atoms with van der Waals surface area (Å²) in [4.78, 5) is 11.9. The highest BCUT2D eigenvalue weighted by atomic mass is 16.4. The van der Waals surface area contributed by atoms with Gasteiger partial charge in [0.25, 0.3) is 0 Å². The van der Waals surface area contributed by atoms with Gasteiger partial charge in [-0.05, 0) is 19.3 Å². The van der Waals surface area contributed by atoms with E-state index in [4.69, 9.17) is 10.9 Å². The molecule has 1 fully saturated rings. The van der Waals surface area contributed by atoms with Crippen molar-refractivity contribution < 1.29 is 10.0 Å². The van der Waals surface area contributed by atoms with Crippen molar-refractivity contribution in [3.05, 3.63) is 0 Å². The molecule has 0 bridgehead atoms. The lowest BCUT2D eigenvalue weighted by atomic mass is 9.94. The van der Waals surface area contributed by atoms with E-state index in [0.29, 0.717) is 0 Å². The minimum absolute atomic E-state index is 0.0176. The fourth-order valence-electron chi connectivity index (χ4n) is 2.06. The molecule has 0 heterocycles. The van der Waals surface area contributed by atoms with Crippen LogP contribution in [0.25, 0.3) is 0 Å². The van der Waals surface area contributed by atoms with Crippen molar-refractivity contribution >= 4 is 11.7 Å². The van der Waals surface area contributed by atoms with Gasteiger partial charge in [-0.25, -0.2) is 0 Å². The van der Waals surface area contributed by atoms with Gasteiger partial charge in [0, 0.05) is 5.92 Å². The van der Waals surface area contributed by atoms with Gasteiger partial charge in [0.1, 0.15) is 5.54 Å². The number of nitrogens with zero attached hydrogens (tertiary/aromatic N) is 1. The van der Waals surface area contributed by atoms with Gasteiger partial charge < -0.3 is 16.3 Å². The van der Waals surface area contributed by atoms with Crippen LogP contribution >= 0.6 is 0 Å². The van der Waals surface area contributed by atoms with Crippen LogP contribution in [0, 0.1) is 5.92 Å². The number of amides is 1. The normalized spacial score (nSPS) is 21.8. The van der Waals surface area contributed by atoms with Gasteiger partial charge in [0.05, 0.1) is 0 Å². The summed E-state index contributed by atoms with van der Waals surface area (Å²) in [5.41, 5.74) is 5.07. The fraction of sp³-hybridized carbons (Fsp3) is 0.818. The second-order valence-electron chi connectivity index (χ2n) is 4.57. The Labute approximate surface area is 96.1 Å². The van der Waals surface area contributed by atoms with Gasteiger partial charge in [-0.1, -0.05) is 31.8 Å². The monoisotopic (exact) mass is 227 g/mol. The van der Waals surface area contributed by atoms with Crippen molar-refractivity contribution in [1.82, 2.24) is 5.32 Å². The summed E-state index contributed by atoms with van der Waals surface area (Å²) in [7, 11) is 0. The van der Waals surface area contributed by atoms with Crippen LogP contribution < -0.4 is 11.1 Å². The molecule has 1 saturated carbocycles. The zero-order chi connectivity index (χ0) is 12.2. The van der Waals surface area contributed by atoms with E-state index in [-0.39, 0.29) is 17.7 Å². The summed E-state index contributed by atoms with van der Waals surface area (Å²) in [5, 5.41) is 14.8. The van der Waals surface area contributed by atoms with E-state index in [1.165, 1.54) is 0 Å². The summed E-state index contributed by atoms with van der Waals surface area (Å²) >= 11 is 0. The minimum atomic E-state index is -0.616. The molecule has 0 radical (unpaired) electrons. The minimum Gasteiger partial charge on any atom is -0.409 e. The highest BCUT2D eigenvalue weighted by Gasteiger charge is 2.40. The number of carbonyl (C=O) groups is 1. The number of hydrogen-bond acceptors (Lipinski definition) is 3. The molecule has 0 aromatic rings. The van der Waals surface area contributed by atoms with E-state index in [1.54, 1.807) is 0 Å². The molecule has 0 saturated heterocycles. The van der Waals surface area contributed by atoms with Crippen molar-refractivity contribution in [3.8, 4) is 0 Å². The molecule has 0 aromatic carbocycles. The van der Waals surface area contributed by atoms with Crippen LogP contribution in [0.15, 0.2) is 5.16 Å². The molecular weight excluding hydrogens is 206 g/mol. The van der Waals surface area contributed by atoms with Crippen LogP contribution in [-0.2, 0) is 4.79 Å². The summed E-state index contributed by atoms with van der Waals surface area (Å²) < 4.78 is 0. The highest BCUT2D eigenvalue weighted by molar-refractivity contribution is 5.94. The molecule has 1 aliphatic carbocycles. The summed E-state index contributed by atoms with van der Waals surface area (Å²) in [6.45, 7) is 3.85. The van der Waals surface area contributed by atoms with Crippen LogP contribution in [0.5, 0.6) is 0 Å². The third-order valence-electron chi connectivity index (χ3n) is 3.48. The highest BCUT2D eigenvalue weighted by Crippen LogP contribution is 2.30. The Bertz CT molecular complexity index is 283. The molecule has 1 amide bonds. The smallest absolute Gasteiger partial charge is 0.223 e. The van der Waals surface area contributed by atoms with Crippen LogP contribution in [0.1, 0.15) is 46.0 Å². The molecule has 1 atom stereocenters. The van der Waals surface area contributed by atoms with Gasteiger partial charge in [-0.15, -0.1) is 0 Å². The molecule has 92 valence electrons. The Balaban J connectivity index is 2.76. The Morgan fingerprint density at radius 1 is 1.56 bits per heavy atom. The van der Waals surface area contributed by atoms with Crippen LogP contribution in [0.4, 0.5) is 0 Å². The van der Waals surface area contributed by atoms with E-state index < -0.39 is 5.54 Å². The van der Waals surface area contributed by atoms with Crippen molar-refractivity contribution in [2.75, 3.05) is 0 Å². The van der Waals surface area contributed by atoms with E-state index in [2.05, 4.69) is 10.5 Å². The Morgan fingerprint density at radius 2 is 2.12 bits per heavy atom. The molecule has 0 aromatic heterocycles. The molecule has 16 heavy (non-hydrogen) atoms. The van der Waals surface area contributed by atoms with Gasteiger partial charge >= 0.3 is 0 Å². The zero-order valence-electron chi connectivity index (χ0n) is 9.99. The number of nitrogens with two attached hydrogens (primary N) is 1. The second-order valence-corrected chi connectivity index (χ2v) is 4.57. The lowest BCUT2D eigenvalue weighted by Crippen LogP contribution is -2.56. The number of nitrogens with one attached hydrogen (secondary N) is 1.